The van der Waals surface area contributed by atoms with Gasteiger partial charge in [0.25, 0.3) is 0 Å². The molecule has 1 aromatic heterocycles. The van der Waals surface area contributed by atoms with Crippen molar-refractivity contribution in [2.75, 3.05) is 13.1 Å². The molecule has 0 N–H and O–H groups in total. The lowest BCUT2D eigenvalue weighted by atomic mass is 10.1. The van der Waals surface area contributed by atoms with E-state index in [1.807, 2.05) is 11.3 Å². The van der Waals surface area contributed by atoms with E-state index in [9.17, 15) is 9.59 Å². The van der Waals surface area contributed by atoms with E-state index in [2.05, 4.69) is 24.0 Å². The Balaban J connectivity index is 1.54. The number of carbonyl (C=O) groups is 2. The summed E-state index contributed by atoms with van der Waals surface area (Å²) in [5, 5.41) is 0. The van der Waals surface area contributed by atoms with Crippen LogP contribution in [0.25, 0.3) is 0 Å². The molecule has 0 unspecified atom stereocenters. The summed E-state index contributed by atoms with van der Waals surface area (Å²) in [7, 11) is 0. The van der Waals surface area contributed by atoms with E-state index >= 15 is 0 Å². The Morgan fingerprint density at radius 2 is 1.89 bits per heavy atom. The highest BCUT2D eigenvalue weighted by atomic mass is 32.1. The lowest BCUT2D eigenvalue weighted by Gasteiger charge is -2.42. The predicted molar refractivity (Wildman–Crippen MR) is 69.2 cm³/mol. The molecule has 0 saturated carbocycles. The van der Waals surface area contributed by atoms with Crippen LogP contribution in [-0.2, 0) is 16.1 Å². The summed E-state index contributed by atoms with van der Waals surface area (Å²) in [5.74, 6) is 0.0215. The fraction of sp³-hybridized carbons (Fsp3) is 0.538. The molecule has 0 spiro atoms. The van der Waals surface area contributed by atoms with Crippen molar-refractivity contribution >= 4 is 23.2 Å². The molecule has 2 saturated heterocycles. The van der Waals surface area contributed by atoms with Gasteiger partial charge in [0.2, 0.25) is 11.8 Å². The third-order valence-corrected chi connectivity index (χ3v) is 4.55. The second-order valence-corrected chi connectivity index (χ2v) is 6.39. The number of amides is 2. The first-order chi connectivity index (χ1) is 8.63. The minimum atomic E-state index is 0.0108. The molecule has 2 aliphatic heterocycles. The molecule has 2 fully saturated rings. The predicted octanol–water partition coefficient (Wildman–Crippen LogP) is 1.39. The Morgan fingerprint density at radius 1 is 1.22 bits per heavy atom. The number of hydrogen-bond acceptors (Lipinski definition) is 4. The van der Waals surface area contributed by atoms with Crippen LogP contribution in [0, 0.1) is 6.92 Å². The van der Waals surface area contributed by atoms with Gasteiger partial charge in [-0.3, -0.25) is 19.4 Å². The average molecular weight is 264 g/mol. The van der Waals surface area contributed by atoms with Crippen molar-refractivity contribution in [2.24, 2.45) is 0 Å². The van der Waals surface area contributed by atoms with Crippen molar-refractivity contribution in [3.63, 3.8) is 0 Å². The Bertz CT molecular complexity index is 475. The highest BCUT2D eigenvalue weighted by molar-refractivity contribution is 7.11. The Kier molecular flexibility index (Phi) is 2.95. The summed E-state index contributed by atoms with van der Waals surface area (Å²) < 4.78 is 0. The molecule has 18 heavy (non-hydrogen) atoms. The number of imide groups is 1. The zero-order valence-electron chi connectivity index (χ0n) is 10.4. The zero-order valence-corrected chi connectivity index (χ0v) is 11.2. The van der Waals surface area contributed by atoms with Gasteiger partial charge >= 0.3 is 0 Å². The average Bonchev–Trinajstić information content (AvgIpc) is 2.81. The molecule has 0 aromatic carbocycles. The maximum absolute atomic E-state index is 11.6. The van der Waals surface area contributed by atoms with Crippen LogP contribution in [0.5, 0.6) is 0 Å². The first kappa shape index (κ1) is 11.9. The molecule has 0 atom stereocenters. The van der Waals surface area contributed by atoms with E-state index in [0.717, 1.165) is 19.6 Å². The molecule has 2 aliphatic rings. The third kappa shape index (κ3) is 2.08. The van der Waals surface area contributed by atoms with Crippen molar-refractivity contribution in [3.05, 3.63) is 21.9 Å². The standard InChI is InChI=1S/C13H16N2O2S/c1-9-2-3-11(18-9)8-14-6-10(7-14)15-12(16)4-5-13(15)17/h2-3,10H,4-8H2,1H3. The van der Waals surface area contributed by atoms with Crippen LogP contribution in [0.3, 0.4) is 0 Å². The van der Waals surface area contributed by atoms with Crippen LogP contribution < -0.4 is 0 Å². The van der Waals surface area contributed by atoms with E-state index in [1.165, 1.54) is 14.7 Å². The van der Waals surface area contributed by atoms with E-state index in [4.69, 9.17) is 0 Å². The monoisotopic (exact) mass is 264 g/mol. The number of hydrogen-bond donors (Lipinski definition) is 0. The van der Waals surface area contributed by atoms with Crippen LogP contribution in [-0.4, -0.2) is 40.7 Å². The maximum atomic E-state index is 11.6. The third-order valence-electron chi connectivity index (χ3n) is 3.57. The van der Waals surface area contributed by atoms with Gasteiger partial charge in [0.1, 0.15) is 0 Å². The van der Waals surface area contributed by atoms with Gasteiger partial charge in [-0.2, -0.15) is 0 Å². The number of rotatable bonds is 3. The molecule has 1 aromatic rings. The molecular weight excluding hydrogens is 248 g/mol. The number of carbonyl (C=O) groups excluding carboxylic acids is 2. The first-order valence-electron chi connectivity index (χ1n) is 6.26. The van der Waals surface area contributed by atoms with Gasteiger partial charge in [0.05, 0.1) is 6.04 Å². The minimum absolute atomic E-state index is 0.0108. The zero-order chi connectivity index (χ0) is 12.7. The van der Waals surface area contributed by atoms with Crippen molar-refractivity contribution in [2.45, 2.75) is 32.4 Å². The van der Waals surface area contributed by atoms with Crippen LogP contribution in [0.1, 0.15) is 22.6 Å². The molecule has 0 aliphatic carbocycles. The smallest absolute Gasteiger partial charge is 0.230 e. The Morgan fingerprint density at radius 3 is 2.44 bits per heavy atom. The van der Waals surface area contributed by atoms with Crippen LogP contribution in [0.2, 0.25) is 0 Å². The molecular formula is C13H16N2O2S. The fourth-order valence-corrected chi connectivity index (χ4v) is 3.56. The van der Waals surface area contributed by atoms with Gasteiger partial charge in [-0.05, 0) is 19.1 Å². The van der Waals surface area contributed by atoms with E-state index < -0.39 is 0 Å². The molecule has 0 bridgehead atoms. The van der Waals surface area contributed by atoms with Crippen molar-refractivity contribution < 1.29 is 9.59 Å². The molecule has 3 heterocycles. The molecule has 2 amide bonds. The van der Waals surface area contributed by atoms with Crippen LogP contribution >= 0.6 is 11.3 Å². The van der Waals surface area contributed by atoms with Crippen LogP contribution in [0.15, 0.2) is 12.1 Å². The highest BCUT2D eigenvalue weighted by Gasteiger charge is 2.40. The SMILES string of the molecule is Cc1ccc(CN2CC(N3C(=O)CCC3=O)C2)s1. The summed E-state index contributed by atoms with van der Waals surface area (Å²) >= 11 is 1.81. The summed E-state index contributed by atoms with van der Waals surface area (Å²) in [6, 6.07) is 4.40. The Labute approximate surface area is 110 Å². The highest BCUT2D eigenvalue weighted by Crippen LogP contribution is 2.25. The number of likely N-dealkylation sites (tertiary alicyclic amines) is 2. The topological polar surface area (TPSA) is 40.6 Å². The van der Waals surface area contributed by atoms with Crippen LogP contribution in [0.4, 0.5) is 0 Å². The molecule has 0 radical (unpaired) electrons. The van der Waals surface area contributed by atoms with Gasteiger partial charge in [-0.25, -0.2) is 0 Å². The lowest BCUT2D eigenvalue weighted by molar-refractivity contribution is -0.145. The summed E-state index contributed by atoms with van der Waals surface area (Å²) in [6.45, 7) is 4.70. The van der Waals surface area contributed by atoms with Gasteiger partial charge < -0.3 is 0 Å². The minimum Gasteiger partial charge on any atom is -0.294 e. The fourth-order valence-electron chi connectivity index (χ4n) is 2.63. The van der Waals surface area contributed by atoms with Gasteiger partial charge in [0, 0.05) is 42.2 Å². The van der Waals surface area contributed by atoms with Gasteiger partial charge in [0.15, 0.2) is 0 Å². The van der Waals surface area contributed by atoms with Gasteiger partial charge in [-0.1, -0.05) is 0 Å². The van der Waals surface area contributed by atoms with Crippen molar-refractivity contribution in [1.82, 2.24) is 9.80 Å². The molecule has 3 rings (SSSR count). The quantitative estimate of drug-likeness (QED) is 0.775. The molecule has 4 nitrogen and oxygen atoms in total. The second-order valence-electron chi connectivity index (χ2n) is 5.02. The Hall–Kier alpha value is -1.20. The maximum Gasteiger partial charge on any atom is 0.230 e. The van der Waals surface area contributed by atoms with E-state index in [-0.39, 0.29) is 17.9 Å². The first-order valence-corrected chi connectivity index (χ1v) is 7.07. The molecule has 5 heteroatoms. The second kappa shape index (κ2) is 4.48. The largest absolute Gasteiger partial charge is 0.294 e. The van der Waals surface area contributed by atoms with E-state index in [1.54, 1.807) is 0 Å². The lowest BCUT2D eigenvalue weighted by Crippen LogP contribution is -2.60. The van der Waals surface area contributed by atoms with Crippen molar-refractivity contribution in [3.8, 4) is 0 Å². The van der Waals surface area contributed by atoms with E-state index in [0.29, 0.717) is 12.8 Å². The summed E-state index contributed by atoms with van der Waals surface area (Å²) in [5.41, 5.74) is 0. The number of aryl methyl sites for hydroxylation is 1. The van der Waals surface area contributed by atoms with Gasteiger partial charge in [-0.15, -0.1) is 11.3 Å². The summed E-state index contributed by atoms with van der Waals surface area (Å²) in [4.78, 5) is 29.6. The molecule has 96 valence electrons. The number of thiophene rings is 1. The normalized spacial score (nSPS) is 21.7. The number of nitrogens with zero attached hydrogens (tertiary/aromatic N) is 2. The van der Waals surface area contributed by atoms with Crippen molar-refractivity contribution in [1.29, 1.82) is 0 Å². The summed E-state index contributed by atoms with van der Waals surface area (Å²) in [6.07, 6.45) is 0.804.